The van der Waals surface area contributed by atoms with Crippen molar-refractivity contribution in [3.63, 3.8) is 0 Å². The molecule has 0 aromatic heterocycles. The third-order valence-electron chi connectivity index (χ3n) is 2.68. The first kappa shape index (κ1) is 14.4. The monoisotopic (exact) mass is 290 g/mol. The van der Waals surface area contributed by atoms with Crippen LogP contribution in [0.1, 0.15) is 5.56 Å². The van der Waals surface area contributed by atoms with Gasteiger partial charge in [0.15, 0.2) is 6.61 Å². The number of rotatable bonds is 5. The molecule has 4 nitrogen and oxygen atoms in total. The molecule has 0 unspecified atom stereocenters. The van der Waals surface area contributed by atoms with Crippen LogP contribution in [-0.2, 0) is 11.3 Å². The van der Waals surface area contributed by atoms with Gasteiger partial charge in [0.25, 0.3) is 5.91 Å². The van der Waals surface area contributed by atoms with Crippen LogP contribution in [-0.4, -0.2) is 12.5 Å². The van der Waals surface area contributed by atoms with E-state index in [-0.39, 0.29) is 12.5 Å². The molecule has 0 heterocycles. The van der Waals surface area contributed by atoms with Crippen LogP contribution in [0.2, 0.25) is 5.02 Å². The van der Waals surface area contributed by atoms with E-state index in [9.17, 15) is 4.79 Å². The van der Waals surface area contributed by atoms with Gasteiger partial charge >= 0.3 is 0 Å². The SMILES string of the molecule is NCc1ccccc1OCC(=O)Nc1ccc(Cl)cc1. The lowest BCUT2D eigenvalue weighted by atomic mass is 10.2. The second-order valence-electron chi connectivity index (χ2n) is 4.16. The number of hydrogen-bond acceptors (Lipinski definition) is 3. The van der Waals surface area contributed by atoms with E-state index in [2.05, 4.69) is 5.32 Å². The number of nitrogens with two attached hydrogens (primary N) is 1. The fraction of sp³-hybridized carbons (Fsp3) is 0.133. The first-order valence-electron chi connectivity index (χ1n) is 6.15. The van der Waals surface area contributed by atoms with E-state index in [1.54, 1.807) is 30.3 Å². The van der Waals surface area contributed by atoms with Gasteiger partial charge in [0.05, 0.1) is 0 Å². The summed E-state index contributed by atoms with van der Waals surface area (Å²) in [5, 5.41) is 3.34. The van der Waals surface area contributed by atoms with E-state index >= 15 is 0 Å². The highest BCUT2D eigenvalue weighted by atomic mass is 35.5. The fourth-order valence-electron chi connectivity index (χ4n) is 1.69. The summed E-state index contributed by atoms with van der Waals surface area (Å²) < 4.78 is 5.47. The van der Waals surface area contributed by atoms with Gasteiger partial charge in [0.1, 0.15) is 5.75 Å². The van der Waals surface area contributed by atoms with E-state index in [0.717, 1.165) is 5.56 Å². The van der Waals surface area contributed by atoms with Gasteiger partial charge in [0.2, 0.25) is 0 Å². The number of ether oxygens (including phenoxy) is 1. The number of amides is 1. The molecule has 0 aliphatic carbocycles. The molecule has 0 fully saturated rings. The maximum absolute atomic E-state index is 11.8. The molecule has 0 aliphatic rings. The Balaban J connectivity index is 1.90. The van der Waals surface area contributed by atoms with Crippen LogP contribution < -0.4 is 15.8 Å². The van der Waals surface area contributed by atoms with Gasteiger partial charge in [-0.05, 0) is 30.3 Å². The normalized spacial score (nSPS) is 10.1. The number of halogens is 1. The van der Waals surface area contributed by atoms with Crippen molar-refractivity contribution < 1.29 is 9.53 Å². The maximum atomic E-state index is 11.8. The van der Waals surface area contributed by atoms with Crippen molar-refractivity contribution in [3.8, 4) is 5.75 Å². The Hall–Kier alpha value is -2.04. The summed E-state index contributed by atoms with van der Waals surface area (Å²) in [5.74, 6) is 0.389. The van der Waals surface area contributed by atoms with E-state index in [1.807, 2.05) is 18.2 Å². The third-order valence-corrected chi connectivity index (χ3v) is 2.93. The maximum Gasteiger partial charge on any atom is 0.262 e. The van der Waals surface area contributed by atoms with Gasteiger partial charge < -0.3 is 15.8 Å². The molecule has 0 bridgehead atoms. The lowest BCUT2D eigenvalue weighted by Crippen LogP contribution is -2.20. The smallest absolute Gasteiger partial charge is 0.262 e. The quantitative estimate of drug-likeness (QED) is 0.890. The summed E-state index contributed by atoms with van der Waals surface area (Å²) in [6, 6.07) is 14.3. The second-order valence-corrected chi connectivity index (χ2v) is 4.59. The summed E-state index contributed by atoms with van der Waals surface area (Å²) in [7, 11) is 0. The topological polar surface area (TPSA) is 64.3 Å². The Morgan fingerprint density at radius 2 is 1.85 bits per heavy atom. The van der Waals surface area contributed by atoms with Gasteiger partial charge in [-0.15, -0.1) is 0 Å². The van der Waals surface area contributed by atoms with Crippen LogP contribution in [0.4, 0.5) is 5.69 Å². The highest BCUT2D eigenvalue weighted by Gasteiger charge is 2.06. The highest BCUT2D eigenvalue weighted by Crippen LogP contribution is 2.17. The van der Waals surface area contributed by atoms with Gasteiger partial charge in [0, 0.05) is 22.8 Å². The number of anilines is 1. The minimum atomic E-state index is -0.237. The van der Waals surface area contributed by atoms with Crippen molar-refractivity contribution in [1.82, 2.24) is 0 Å². The van der Waals surface area contributed by atoms with Crippen molar-refractivity contribution in [2.24, 2.45) is 5.73 Å². The van der Waals surface area contributed by atoms with Crippen LogP contribution in [0.15, 0.2) is 48.5 Å². The fourth-order valence-corrected chi connectivity index (χ4v) is 1.81. The largest absolute Gasteiger partial charge is 0.483 e. The van der Waals surface area contributed by atoms with Crippen molar-refractivity contribution in [2.45, 2.75) is 6.54 Å². The Bertz CT molecular complexity index is 585. The lowest BCUT2D eigenvalue weighted by molar-refractivity contribution is -0.118. The summed E-state index contributed by atoms with van der Waals surface area (Å²) in [6.07, 6.45) is 0. The molecule has 0 radical (unpaired) electrons. The number of carbonyl (C=O) groups is 1. The molecule has 104 valence electrons. The van der Waals surface area contributed by atoms with E-state index in [4.69, 9.17) is 22.1 Å². The van der Waals surface area contributed by atoms with E-state index in [0.29, 0.717) is 23.0 Å². The molecule has 20 heavy (non-hydrogen) atoms. The number of carbonyl (C=O) groups excluding carboxylic acids is 1. The molecule has 2 rings (SSSR count). The molecule has 0 spiro atoms. The Kier molecular flexibility index (Phi) is 4.98. The van der Waals surface area contributed by atoms with Gasteiger partial charge in [-0.1, -0.05) is 29.8 Å². The average Bonchev–Trinajstić information content (AvgIpc) is 2.48. The van der Waals surface area contributed by atoms with Crippen LogP contribution in [0, 0.1) is 0 Å². The van der Waals surface area contributed by atoms with Crippen molar-refractivity contribution in [3.05, 3.63) is 59.1 Å². The first-order chi connectivity index (χ1) is 9.69. The Morgan fingerprint density at radius 1 is 1.15 bits per heavy atom. The number of benzene rings is 2. The van der Waals surface area contributed by atoms with Gasteiger partial charge in [-0.25, -0.2) is 0 Å². The van der Waals surface area contributed by atoms with Crippen molar-refractivity contribution >= 4 is 23.2 Å². The summed E-state index contributed by atoms with van der Waals surface area (Å²) >= 11 is 5.77. The molecule has 0 saturated carbocycles. The van der Waals surface area contributed by atoms with Crippen LogP contribution in [0.25, 0.3) is 0 Å². The van der Waals surface area contributed by atoms with E-state index in [1.165, 1.54) is 0 Å². The Morgan fingerprint density at radius 3 is 2.55 bits per heavy atom. The van der Waals surface area contributed by atoms with Crippen molar-refractivity contribution in [2.75, 3.05) is 11.9 Å². The zero-order valence-corrected chi connectivity index (χ0v) is 11.6. The third kappa shape index (κ3) is 3.98. The molecule has 0 saturated heterocycles. The molecule has 3 N–H and O–H groups in total. The molecule has 0 atom stereocenters. The van der Waals surface area contributed by atoms with Crippen molar-refractivity contribution in [1.29, 1.82) is 0 Å². The zero-order chi connectivity index (χ0) is 14.4. The van der Waals surface area contributed by atoms with Crippen LogP contribution in [0.5, 0.6) is 5.75 Å². The summed E-state index contributed by atoms with van der Waals surface area (Å²) in [4.78, 5) is 11.8. The van der Waals surface area contributed by atoms with Gasteiger partial charge in [-0.3, -0.25) is 4.79 Å². The molecular weight excluding hydrogens is 276 g/mol. The van der Waals surface area contributed by atoms with E-state index < -0.39 is 0 Å². The summed E-state index contributed by atoms with van der Waals surface area (Å²) in [6.45, 7) is 0.300. The molecule has 2 aromatic carbocycles. The molecule has 5 heteroatoms. The zero-order valence-electron chi connectivity index (χ0n) is 10.8. The van der Waals surface area contributed by atoms with Crippen LogP contribution >= 0.6 is 11.6 Å². The molecule has 1 amide bonds. The molecule has 0 aliphatic heterocycles. The molecular formula is C15H15ClN2O2. The number of nitrogens with one attached hydrogen (secondary N) is 1. The lowest BCUT2D eigenvalue weighted by Gasteiger charge is -2.10. The molecule has 2 aromatic rings. The van der Waals surface area contributed by atoms with Gasteiger partial charge in [-0.2, -0.15) is 0 Å². The number of hydrogen-bond donors (Lipinski definition) is 2. The average molecular weight is 291 g/mol. The minimum absolute atomic E-state index is 0.0698. The van der Waals surface area contributed by atoms with Crippen LogP contribution in [0.3, 0.4) is 0 Å². The predicted molar refractivity (Wildman–Crippen MR) is 79.9 cm³/mol. The Labute approximate surface area is 122 Å². The predicted octanol–water partition coefficient (Wildman–Crippen LogP) is 2.82. The number of para-hydroxylation sites is 1. The summed E-state index contributed by atoms with van der Waals surface area (Å²) in [5.41, 5.74) is 7.15. The highest BCUT2D eigenvalue weighted by molar-refractivity contribution is 6.30. The minimum Gasteiger partial charge on any atom is -0.483 e. The standard InChI is InChI=1S/C15H15ClN2O2/c16-12-5-7-13(8-6-12)18-15(19)10-20-14-4-2-1-3-11(14)9-17/h1-8H,9-10,17H2,(H,18,19). The first-order valence-corrected chi connectivity index (χ1v) is 6.53. The second kappa shape index (κ2) is 6.93.